The molecule has 1 aliphatic heterocycles. The second kappa shape index (κ2) is 5.84. The number of fused-ring (bicyclic) bond motifs is 1. The number of rotatable bonds is 1. The summed E-state index contributed by atoms with van der Waals surface area (Å²) in [6.07, 6.45) is 0. The van der Waals surface area contributed by atoms with Crippen LogP contribution in [0.3, 0.4) is 0 Å². The normalized spacial score (nSPS) is 13.3. The molecule has 1 N–H and O–H groups in total. The van der Waals surface area contributed by atoms with E-state index in [1.54, 1.807) is 47.4 Å². The molecule has 2 aromatic carbocycles. The highest BCUT2D eigenvalue weighted by Crippen LogP contribution is 2.34. The Balaban J connectivity index is 1.85. The summed E-state index contributed by atoms with van der Waals surface area (Å²) in [5.41, 5.74) is 1.30. The van der Waals surface area contributed by atoms with Gasteiger partial charge in [-0.25, -0.2) is 4.79 Å². The second-order valence-corrected chi connectivity index (χ2v) is 5.43. The maximum Gasteiger partial charge on any atom is 0.326 e. The zero-order chi connectivity index (χ0) is 14.8. The Morgan fingerprint density at radius 1 is 1.14 bits per heavy atom. The first-order chi connectivity index (χ1) is 10.1. The van der Waals surface area contributed by atoms with Crippen LogP contribution in [0.2, 0.25) is 10.0 Å². The lowest BCUT2D eigenvalue weighted by molar-refractivity contribution is 0.250. The van der Waals surface area contributed by atoms with Gasteiger partial charge >= 0.3 is 6.03 Å². The minimum absolute atomic E-state index is 0.246. The molecular formula is C15H12Cl2N2O2. The van der Waals surface area contributed by atoms with Gasteiger partial charge in [-0.05, 0) is 36.4 Å². The van der Waals surface area contributed by atoms with E-state index in [4.69, 9.17) is 27.9 Å². The molecule has 3 rings (SSSR count). The van der Waals surface area contributed by atoms with Crippen LogP contribution in [0.25, 0.3) is 0 Å². The minimum atomic E-state index is -0.246. The van der Waals surface area contributed by atoms with E-state index < -0.39 is 0 Å². The summed E-state index contributed by atoms with van der Waals surface area (Å²) in [6, 6.07) is 12.0. The van der Waals surface area contributed by atoms with Crippen LogP contribution in [-0.2, 0) is 0 Å². The minimum Gasteiger partial charge on any atom is -0.490 e. The van der Waals surface area contributed by atoms with E-state index in [1.807, 2.05) is 0 Å². The summed E-state index contributed by atoms with van der Waals surface area (Å²) in [6.45, 7) is 0.900. The Kier molecular flexibility index (Phi) is 3.90. The maximum atomic E-state index is 12.4. The van der Waals surface area contributed by atoms with Crippen molar-refractivity contribution in [2.24, 2.45) is 0 Å². The fourth-order valence-electron chi connectivity index (χ4n) is 2.16. The number of halogens is 2. The van der Waals surface area contributed by atoms with Crippen LogP contribution in [0.15, 0.2) is 42.5 Å². The highest BCUT2D eigenvalue weighted by molar-refractivity contribution is 6.31. The summed E-state index contributed by atoms with van der Waals surface area (Å²) in [7, 11) is 0. The Hall–Kier alpha value is -1.91. The number of carbonyl (C=O) groups is 1. The summed E-state index contributed by atoms with van der Waals surface area (Å²) in [5, 5.41) is 3.94. The zero-order valence-electron chi connectivity index (χ0n) is 11.0. The number of carbonyl (C=O) groups excluding carboxylic acids is 1. The van der Waals surface area contributed by atoms with Gasteiger partial charge in [0.1, 0.15) is 12.4 Å². The molecule has 0 bridgehead atoms. The van der Waals surface area contributed by atoms with Crippen molar-refractivity contribution in [3.8, 4) is 5.75 Å². The molecule has 0 radical (unpaired) electrons. The van der Waals surface area contributed by atoms with Crippen molar-refractivity contribution >= 4 is 40.6 Å². The van der Waals surface area contributed by atoms with E-state index in [1.165, 1.54) is 0 Å². The van der Waals surface area contributed by atoms with Gasteiger partial charge in [0.05, 0.1) is 12.2 Å². The Morgan fingerprint density at radius 3 is 2.76 bits per heavy atom. The molecule has 0 aromatic heterocycles. The predicted molar refractivity (Wildman–Crippen MR) is 84.8 cm³/mol. The van der Waals surface area contributed by atoms with Gasteiger partial charge in [0.2, 0.25) is 0 Å². The van der Waals surface area contributed by atoms with E-state index in [0.29, 0.717) is 40.3 Å². The number of nitrogens with zero attached hydrogens (tertiary/aromatic N) is 1. The number of ether oxygens (including phenoxy) is 1. The van der Waals surface area contributed by atoms with Crippen molar-refractivity contribution in [1.82, 2.24) is 0 Å². The standard InChI is InChI=1S/C15H12Cl2N2O2/c16-10-2-1-3-12(8-10)18-15(20)19-6-7-21-14-5-4-11(17)9-13(14)19/h1-5,8-9H,6-7H2,(H,18,20). The molecule has 4 nitrogen and oxygen atoms in total. The molecule has 1 heterocycles. The Labute approximate surface area is 132 Å². The van der Waals surface area contributed by atoms with Crippen LogP contribution in [0, 0.1) is 0 Å². The third-order valence-corrected chi connectivity index (χ3v) is 3.58. The lowest BCUT2D eigenvalue weighted by atomic mass is 10.2. The fourth-order valence-corrected chi connectivity index (χ4v) is 2.52. The summed E-state index contributed by atoms with van der Waals surface area (Å²) >= 11 is 11.9. The molecule has 0 atom stereocenters. The van der Waals surface area contributed by atoms with Crippen molar-refractivity contribution in [2.75, 3.05) is 23.4 Å². The third kappa shape index (κ3) is 3.06. The number of benzene rings is 2. The van der Waals surface area contributed by atoms with Crippen LogP contribution in [-0.4, -0.2) is 19.2 Å². The van der Waals surface area contributed by atoms with Crippen molar-refractivity contribution in [3.63, 3.8) is 0 Å². The average molecular weight is 323 g/mol. The topological polar surface area (TPSA) is 41.6 Å². The molecule has 0 saturated carbocycles. The summed E-state index contributed by atoms with van der Waals surface area (Å²) in [5.74, 6) is 0.645. The van der Waals surface area contributed by atoms with Crippen molar-refractivity contribution in [2.45, 2.75) is 0 Å². The molecule has 6 heteroatoms. The number of hydrogen-bond donors (Lipinski definition) is 1. The molecule has 0 unspecified atom stereocenters. The van der Waals surface area contributed by atoms with Gasteiger partial charge in [0, 0.05) is 15.7 Å². The van der Waals surface area contributed by atoms with E-state index >= 15 is 0 Å². The molecule has 0 spiro atoms. The first-order valence-electron chi connectivity index (χ1n) is 6.40. The van der Waals surface area contributed by atoms with Gasteiger partial charge in [0.25, 0.3) is 0 Å². The number of urea groups is 1. The van der Waals surface area contributed by atoms with Gasteiger partial charge in [0.15, 0.2) is 0 Å². The summed E-state index contributed by atoms with van der Waals surface area (Å²) in [4.78, 5) is 14.0. The molecular weight excluding hydrogens is 311 g/mol. The SMILES string of the molecule is O=C(Nc1cccc(Cl)c1)N1CCOc2ccc(Cl)cc21. The quantitative estimate of drug-likeness (QED) is 0.844. The molecule has 2 amide bonds. The zero-order valence-corrected chi connectivity index (χ0v) is 12.5. The molecule has 1 aliphatic rings. The lowest BCUT2D eigenvalue weighted by Crippen LogP contribution is -2.40. The molecule has 21 heavy (non-hydrogen) atoms. The maximum absolute atomic E-state index is 12.4. The highest BCUT2D eigenvalue weighted by Gasteiger charge is 2.24. The van der Waals surface area contributed by atoms with E-state index in [-0.39, 0.29) is 6.03 Å². The Bertz CT molecular complexity index is 691. The van der Waals surface area contributed by atoms with Gasteiger partial charge < -0.3 is 10.1 Å². The van der Waals surface area contributed by atoms with E-state index in [2.05, 4.69) is 5.32 Å². The van der Waals surface area contributed by atoms with Crippen LogP contribution >= 0.6 is 23.2 Å². The molecule has 0 fully saturated rings. The monoisotopic (exact) mass is 322 g/mol. The molecule has 2 aromatic rings. The molecule has 108 valence electrons. The predicted octanol–water partition coefficient (Wildman–Crippen LogP) is 4.42. The number of hydrogen-bond acceptors (Lipinski definition) is 2. The van der Waals surface area contributed by atoms with Crippen molar-refractivity contribution in [1.29, 1.82) is 0 Å². The number of anilines is 2. The van der Waals surface area contributed by atoms with E-state index in [0.717, 1.165) is 0 Å². The number of nitrogens with one attached hydrogen (secondary N) is 1. The first kappa shape index (κ1) is 14.0. The first-order valence-corrected chi connectivity index (χ1v) is 7.15. The van der Waals surface area contributed by atoms with Gasteiger partial charge in [-0.15, -0.1) is 0 Å². The Morgan fingerprint density at radius 2 is 1.95 bits per heavy atom. The largest absolute Gasteiger partial charge is 0.490 e. The van der Waals surface area contributed by atoms with Gasteiger partial charge in [-0.2, -0.15) is 0 Å². The molecule has 0 saturated heterocycles. The van der Waals surface area contributed by atoms with Gasteiger partial charge in [-0.1, -0.05) is 29.3 Å². The molecule has 0 aliphatic carbocycles. The van der Waals surface area contributed by atoms with Crippen molar-refractivity contribution in [3.05, 3.63) is 52.5 Å². The second-order valence-electron chi connectivity index (χ2n) is 4.55. The van der Waals surface area contributed by atoms with Gasteiger partial charge in [-0.3, -0.25) is 4.90 Å². The fraction of sp³-hybridized carbons (Fsp3) is 0.133. The average Bonchev–Trinajstić information content (AvgIpc) is 2.46. The summed E-state index contributed by atoms with van der Waals surface area (Å²) < 4.78 is 5.53. The van der Waals surface area contributed by atoms with Crippen LogP contribution in [0.4, 0.5) is 16.2 Å². The van der Waals surface area contributed by atoms with Crippen LogP contribution in [0.1, 0.15) is 0 Å². The van der Waals surface area contributed by atoms with Crippen molar-refractivity contribution < 1.29 is 9.53 Å². The van der Waals surface area contributed by atoms with E-state index in [9.17, 15) is 4.79 Å². The highest BCUT2D eigenvalue weighted by atomic mass is 35.5. The van der Waals surface area contributed by atoms with Crippen LogP contribution in [0.5, 0.6) is 5.75 Å². The third-order valence-electron chi connectivity index (χ3n) is 3.11. The smallest absolute Gasteiger partial charge is 0.326 e. The lowest BCUT2D eigenvalue weighted by Gasteiger charge is -2.29. The van der Waals surface area contributed by atoms with Crippen LogP contribution < -0.4 is 15.0 Å². The number of amides is 2.